The van der Waals surface area contributed by atoms with E-state index in [2.05, 4.69) is 17.5 Å². The second kappa shape index (κ2) is 7.96. The number of amides is 1. The van der Waals surface area contributed by atoms with Crippen LogP contribution in [-0.2, 0) is 17.8 Å². The maximum atomic E-state index is 11.9. The van der Waals surface area contributed by atoms with Crippen molar-refractivity contribution in [2.24, 2.45) is 5.73 Å². The number of carbonyl (C=O) groups is 1. The van der Waals surface area contributed by atoms with Crippen LogP contribution in [-0.4, -0.2) is 5.91 Å². The molecule has 0 aromatic heterocycles. The van der Waals surface area contributed by atoms with E-state index < -0.39 is 0 Å². The second-order valence-corrected chi connectivity index (χ2v) is 4.99. The van der Waals surface area contributed by atoms with Gasteiger partial charge in [0.25, 0.3) is 0 Å². The molecule has 0 aliphatic carbocycles. The SMILES string of the molecule is N#Cc1cccc(NC(=O)CCCc2cc[c]cc2CN)c1. The van der Waals surface area contributed by atoms with Crippen molar-refractivity contribution in [1.82, 2.24) is 0 Å². The van der Waals surface area contributed by atoms with Gasteiger partial charge < -0.3 is 11.1 Å². The number of hydrogen-bond acceptors (Lipinski definition) is 3. The van der Waals surface area contributed by atoms with Crippen LogP contribution in [0.1, 0.15) is 29.5 Å². The molecule has 3 N–H and O–H groups in total. The molecule has 0 heterocycles. The molecule has 1 radical (unpaired) electrons. The first-order valence-corrected chi connectivity index (χ1v) is 7.21. The molecule has 0 saturated carbocycles. The van der Waals surface area contributed by atoms with Gasteiger partial charge >= 0.3 is 0 Å². The quantitative estimate of drug-likeness (QED) is 0.859. The Morgan fingerprint density at radius 2 is 2.18 bits per heavy atom. The Kier molecular flexibility index (Phi) is 5.70. The van der Waals surface area contributed by atoms with Crippen LogP contribution in [0.2, 0.25) is 0 Å². The Bertz CT molecular complexity index is 689. The first kappa shape index (κ1) is 15.7. The van der Waals surface area contributed by atoms with Crippen molar-refractivity contribution in [3.63, 3.8) is 0 Å². The highest BCUT2D eigenvalue weighted by atomic mass is 16.1. The molecule has 0 aliphatic heterocycles. The molecule has 111 valence electrons. The number of nitrogens with one attached hydrogen (secondary N) is 1. The number of benzene rings is 2. The predicted octanol–water partition coefficient (Wildman–Crippen LogP) is 2.78. The minimum Gasteiger partial charge on any atom is -0.326 e. The lowest BCUT2D eigenvalue weighted by atomic mass is 10.0. The number of nitriles is 1. The molecule has 1 amide bonds. The number of carbonyl (C=O) groups excluding carboxylic acids is 1. The molecule has 2 rings (SSSR count). The van der Waals surface area contributed by atoms with E-state index in [1.807, 2.05) is 18.2 Å². The van der Waals surface area contributed by atoms with Crippen molar-refractivity contribution >= 4 is 11.6 Å². The average molecular weight is 292 g/mol. The average Bonchev–Trinajstić information content (AvgIpc) is 2.55. The molecule has 0 saturated heterocycles. The van der Waals surface area contributed by atoms with Gasteiger partial charge in [-0.3, -0.25) is 4.79 Å². The number of hydrogen-bond donors (Lipinski definition) is 2. The van der Waals surface area contributed by atoms with Crippen LogP contribution in [0.25, 0.3) is 0 Å². The first-order valence-electron chi connectivity index (χ1n) is 7.21. The summed E-state index contributed by atoms with van der Waals surface area (Å²) >= 11 is 0. The lowest BCUT2D eigenvalue weighted by Crippen LogP contribution is -2.12. The Balaban J connectivity index is 1.84. The summed E-state index contributed by atoms with van der Waals surface area (Å²) in [6.07, 6.45) is 1.99. The van der Waals surface area contributed by atoms with E-state index in [0.717, 1.165) is 18.4 Å². The van der Waals surface area contributed by atoms with Gasteiger partial charge in [0.15, 0.2) is 0 Å². The maximum absolute atomic E-state index is 11.9. The summed E-state index contributed by atoms with van der Waals surface area (Å²) in [5, 5.41) is 11.6. The Labute approximate surface area is 130 Å². The first-order chi connectivity index (χ1) is 10.7. The maximum Gasteiger partial charge on any atom is 0.224 e. The van der Waals surface area contributed by atoms with Gasteiger partial charge in [-0.05, 0) is 54.3 Å². The second-order valence-electron chi connectivity index (χ2n) is 4.99. The van der Waals surface area contributed by atoms with Crippen molar-refractivity contribution < 1.29 is 4.79 Å². The highest BCUT2D eigenvalue weighted by molar-refractivity contribution is 5.90. The minimum atomic E-state index is -0.0492. The summed E-state index contributed by atoms with van der Waals surface area (Å²) in [5.41, 5.74) is 9.11. The zero-order valence-electron chi connectivity index (χ0n) is 12.3. The molecule has 0 spiro atoms. The smallest absolute Gasteiger partial charge is 0.224 e. The number of nitrogens with zero attached hydrogens (tertiary/aromatic N) is 1. The molecule has 22 heavy (non-hydrogen) atoms. The van der Waals surface area contributed by atoms with Crippen molar-refractivity contribution in [3.8, 4) is 6.07 Å². The van der Waals surface area contributed by atoms with Gasteiger partial charge in [-0.25, -0.2) is 0 Å². The van der Waals surface area contributed by atoms with Gasteiger partial charge in [0, 0.05) is 18.7 Å². The van der Waals surface area contributed by atoms with Crippen molar-refractivity contribution in [2.75, 3.05) is 5.32 Å². The molecule has 0 fully saturated rings. The highest BCUT2D eigenvalue weighted by Crippen LogP contribution is 2.13. The number of anilines is 1. The lowest BCUT2D eigenvalue weighted by molar-refractivity contribution is -0.116. The molecule has 4 nitrogen and oxygen atoms in total. The molecule has 0 aliphatic rings. The van der Waals surface area contributed by atoms with Crippen LogP contribution in [0.3, 0.4) is 0 Å². The van der Waals surface area contributed by atoms with E-state index in [-0.39, 0.29) is 5.91 Å². The van der Waals surface area contributed by atoms with Crippen molar-refractivity contribution in [2.45, 2.75) is 25.8 Å². The molecule has 0 atom stereocenters. The van der Waals surface area contributed by atoms with Crippen LogP contribution < -0.4 is 11.1 Å². The number of aryl methyl sites for hydroxylation is 1. The fraction of sp³-hybridized carbons (Fsp3) is 0.222. The van der Waals surface area contributed by atoms with E-state index in [9.17, 15) is 4.79 Å². The Morgan fingerprint density at radius 1 is 1.32 bits per heavy atom. The highest BCUT2D eigenvalue weighted by Gasteiger charge is 2.05. The summed E-state index contributed by atoms with van der Waals surface area (Å²) in [5.74, 6) is -0.0492. The lowest BCUT2D eigenvalue weighted by Gasteiger charge is -2.08. The van der Waals surface area contributed by atoms with Gasteiger partial charge in [-0.2, -0.15) is 5.26 Å². The van der Waals surface area contributed by atoms with Gasteiger partial charge in [0.2, 0.25) is 5.91 Å². The van der Waals surface area contributed by atoms with Crippen LogP contribution in [0.4, 0.5) is 5.69 Å². The standard InChI is InChI=1S/C18H18N3O/c19-12-14-5-3-9-17(11-14)21-18(22)10-4-8-15-6-1-2-7-16(15)13-20/h1,3,5-7,9,11H,4,8,10,13,20H2,(H,21,22). The largest absolute Gasteiger partial charge is 0.326 e. The summed E-state index contributed by atoms with van der Waals surface area (Å²) in [7, 11) is 0. The van der Waals surface area contributed by atoms with Crippen molar-refractivity contribution in [1.29, 1.82) is 5.26 Å². The van der Waals surface area contributed by atoms with Crippen LogP contribution >= 0.6 is 0 Å². The minimum absolute atomic E-state index is 0.0492. The van der Waals surface area contributed by atoms with E-state index in [1.165, 1.54) is 5.56 Å². The zero-order valence-corrected chi connectivity index (χ0v) is 12.3. The summed E-state index contributed by atoms with van der Waals surface area (Å²) < 4.78 is 0. The van der Waals surface area contributed by atoms with E-state index in [4.69, 9.17) is 11.0 Å². The molecule has 0 unspecified atom stereocenters. The summed E-state index contributed by atoms with van der Waals surface area (Å²) in [6, 6.07) is 17.7. The van der Waals surface area contributed by atoms with E-state index in [0.29, 0.717) is 24.2 Å². The van der Waals surface area contributed by atoms with Crippen LogP contribution in [0.15, 0.2) is 42.5 Å². The van der Waals surface area contributed by atoms with Gasteiger partial charge in [0.05, 0.1) is 11.6 Å². The predicted molar refractivity (Wildman–Crippen MR) is 85.9 cm³/mol. The molecular weight excluding hydrogens is 274 g/mol. The van der Waals surface area contributed by atoms with Crippen molar-refractivity contribution in [3.05, 3.63) is 65.2 Å². The Hall–Kier alpha value is -2.64. The fourth-order valence-corrected chi connectivity index (χ4v) is 2.26. The van der Waals surface area contributed by atoms with E-state index >= 15 is 0 Å². The zero-order chi connectivity index (χ0) is 15.8. The topological polar surface area (TPSA) is 78.9 Å². The fourth-order valence-electron chi connectivity index (χ4n) is 2.26. The Morgan fingerprint density at radius 3 is 2.95 bits per heavy atom. The third-order valence-corrected chi connectivity index (χ3v) is 3.40. The normalized spacial score (nSPS) is 10.0. The molecule has 0 bridgehead atoms. The third-order valence-electron chi connectivity index (χ3n) is 3.40. The molecular formula is C18H18N3O. The van der Waals surface area contributed by atoms with Crippen LogP contribution in [0, 0.1) is 17.4 Å². The molecule has 2 aromatic carbocycles. The monoisotopic (exact) mass is 292 g/mol. The molecule has 2 aromatic rings. The summed E-state index contributed by atoms with van der Waals surface area (Å²) in [6.45, 7) is 0.486. The molecule has 4 heteroatoms. The number of nitrogens with two attached hydrogens (primary N) is 1. The van der Waals surface area contributed by atoms with E-state index in [1.54, 1.807) is 24.3 Å². The third kappa shape index (κ3) is 4.44. The van der Waals surface area contributed by atoms with Gasteiger partial charge in [-0.1, -0.05) is 18.2 Å². The van der Waals surface area contributed by atoms with Gasteiger partial charge in [-0.15, -0.1) is 0 Å². The number of rotatable bonds is 6. The van der Waals surface area contributed by atoms with Gasteiger partial charge in [0.1, 0.15) is 0 Å². The van der Waals surface area contributed by atoms with Crippen LogP contribution in [0.5, 0.6) is 0 Å². The summed E-state index contributed by atoms with van der Waals surface area (Å²) in [4.78, 5) is 11.9.